The summed E-state index contributed by atoms with van der Waals surface area (Å²) < 4.78 is 4.76. The third kappa shape index (κ3) is 2.11. The smallest absolute Gasteiger partial charge is 0.339 e. The van der Waals surface area contributed by atoms with Crippen LogP contribution in [0.1, 0.15) is 6.92 Å². The lowest BCUT2D eigenvalue weighted by Crippen LogP contribution is -2.25. The molecule has 0 saturated carbocycles. The van der Waals surface area contributed by atoms with Crippen LogP contribution in [0.4, 0.5) is 0 Å². The molecule has 3 heteroatoms. The molecule has 0 fully saturated rings. The Balaban J connectivity index is 2.42. The number of esters is 1. The molecule has 1 heterocycles. The molecule has 0 aromatic rings. The van der Waals surface area contributed by atoms with E-state index in [9.17, 15) is 4.79 Å². The first-order valence-electron chi connectivity index (χ1n) is 3.48. The molecule has 59 valence electrons. The van der Waals surface area contributed by atoms with Gasteiger partial charge in [0.25, 0.3) is 0 Å². The van der Waals surface area contributed by atoms with Crippen LogP contribution in [0.25, 0.3) is 0 Å². The fraction of sp³-hybridized carbons (Fsp3) is 0.250. The van der Waals surface area contributed by atoms with Gasteiger partial charge in [0, 0.05) is 0 Å². The van der Waals surface area contributed by atoms with Crippen molar-refractivity contribution in [1.82, 2.24) is 5.32 Å². The fourth-order valence-electron chi connectivity index (χ4n) is 0.729. The lowest BCUT2D eigenvalue weighted by Gasteiger charge is -2.11. The minimum atomic E-state index is -0.312. The van der Waals surface area contributed by atoms with Crippen LogP contribution in [0.15, 0.2) is 24.4 Å². The second-order valence-corrected chi connectivity index (χ2v) is 2.00. The SMILES string of the molecule is CCOC(=O)[C]1C=CC=CN1. The summed E-state index contributed by atoms with van der Waals surface area (Å²) in [6.07, 6.45) is 6.95. The molecule has 0 bridgehead atoms. The summed E-state index contributed by atoms with van der Waals surface area (Å²) in [7, 11) is 0. The van der Waals surface area contributed by atoms with Crippen molar-refractivity contribution in [3.8, 4) is 0 Å². The standard InChI is InChI=1S/C8H10NO2/c1-2-11-8(10)7-5-3-4-6-9-7/h3-6,9H,2H2,1H3. The number of dihydropyridines is 1. The Kier molecular flexibility index (Phi) is 2.72. The van der Waals surface area contributed by atoms with Gasteiger partial charge < -0.3 is 10.1 Å². The van der Waals surface area contributed by atoms with E-state index < -0.39 is 0 Å². The summed E-state index contributed by atoms with van der Waals surface area (Å²) in [5, 5.41) is 2.78. The van der Waals surface area contributed by atoms with Crippen molar-refractivity contribution in [2.24, 2.45) is 0 Å². The van der Waals surface area contributed by atoms with Crippen molar-refractivity contribution in [2.75, 3.05) is 6.61 Å². The molecular weight excluding hydrogens is 142 g/mol. The number of allylic oxidation sites excluding steroid dienone is 2. The molecule has 0 aromatic heterocycles. The van der Waals surface area contributed by atoms with Crippen LogP contribution in [-0.4, -0.2) is 12.6 Å². The summed E-state index contributed by atoms with van der Waals surface area (Å²) >= 11 is 0. The third-order valence-electron chi connectivity index (χ3n) is 1.20. The van der Waals surface area contributed by atoms with E-state index in [1.54, 1.807) is 25.3 Å². The highest BCUT2D eigenvalue weighted by molar-refractivity contribution is 5.87. The Morgan fingerprint density at radius 1 is 1.64 bits per heavy atom. The maximum absolute atomic E-state index is 11.0. The van der Waals surface area contributed by atoms with E-state index in [4.69, 9.17) is 4.74 Å². The van der Waals surface area contributed by atoms with Gasteiger partial charge in [-0.3, -0.25) is 0 Å². The molecular formula is C8H10NO2. The Morgan fingerprint density at radius 2 is 2.45 bits per heavy atom. The second-order valence-electron chi connectivity index (χ2n) is 2.00. The molecule has 1 radical (unpaired) electrons. The summed E-state index contributed by atoms with van der Waals surface area (Å²) in [5.41, 5.74) is 0. The van der Waals surface area contributed by atoms with Crippen molar-refractivity contribution in [2.45, 2.75) is 6.92 Å². The second kappa shape index (κ2) is 3.81. The monoisotopic (exact) mass is 152 g/mol. The van der Waals surface area contributed by atoms with E-state index in [0.29, 0.717) is 12.6 Å². The number of ether oxygens (including phenoxy) is 1. The maximum Gasteiger partial charge on any atom is 0.339 e. The minimum absolute atomic E-state index is 0.312. The van der Waals surface area contributed by atoms with Crippen LogP contribution in [-0.2, 0) is 9.53 Å². The van der Waals surface area contributed by atoms with Crippen molar-refractivity contribution in [1.29, 1.82) is 0 Å². The highest BCUT2D eigenvalue weighted by Gasteiger charge is 2.16. The maximum atomic E-state index is 11.0. The molecule has 0 atom stereocenters. The van der Waals surface area contributed by atoms with Gasteiger partial charge in [0.2, 0.25) is 0 Å². The molecule has 0 aliphatic carbocycles. The number of hydrogen-bond acceptors (Lipinski definition) is 3. The van der Waals surface area contributed by atoms with Gasteiger partial charge in [-0.1, -0.05) is 6.08 Å². The van der Waals surface area contributed by atoms with Gasteiger partial charge in [-0.15, -0.1) is 0 Å². The summed E-state index contributed by atoms with van der Waals surface area (Å²) in [4.78, 5) is 11.0. The first-order chi connectivity index (χ1) is 5.34. The Morgan fingerprint density at radius 3 is 3.00 bits per heavy atom. The van der Waals surface area contributed by atoms with Gasteiger partial charge in [-0.25, -0.2) is 4.79 Å². The molecule has 0 unspecified atom stereocenters. The molecule has 0 amide bonds. The number of nitrogens with one attached hydrogen (secondary N) is 1. The lowest BCUT2D eigenvalue weighted by molar-refractivity contribution is -0.140. The van der Waals surface area contributed by atoms with Gasteiger partial charge in [-0.05, 0) is 25.3 Å². The van der Waals surface area contributed by atoms with Gasteiger partial charge in [-0.2, -0.15) is 0 Å². The van der Waals surface area contributed by atoms with Crippen LogP contribution in [0.5, 0.6) is 0 Å². The van der Waals surface area contributed by atoms with Gasteiger partial charge in [0.15, 0.2) is 6.04 Å². The molecule has 3 nitrogen and oxygen atoms in total. The van der Waals surface area contributed by atoms with E-state index in [1.807, 2.05) is 6.08 Å². The molecule has 0 spiro atoms. The molecule has 0 saturated heterocycles. The predicted octanol–water partition coefficient (Wildman–Crippen LogP) is 0.755. The topological polar surface area (TPSA) is 38.3 Å². The Bertz CT molecular complexity index is 196. The number of hydrogen-bond donors (Lipinski definition) is 1. The van der Waals surface area contributed by atoms with Gasteiger partial charge in [0.1, 0.15) is 0 Å². The molecule has 1 N–H and O–H groups in total. The summed E-state index contributed by atoms with van der Waals surface area (Å²) in [6.45, 7) is 2.18. The van der Waals surface area contributed by atoms with E-state index in [-0.39, 0.29) is 5.97 Å². The van der Waals surface area contributed by atoms with Crippen LogP contribution < -0.4 is 5.32 Å². The van der Waals surface area contributed by atoms with Gasteiger partial charge >= 0.3 is 5.97 Å². The molecule has 1 aliphatic rings. The highest BCUT2D eigenvalue weighted by atomic mass is 16.5. The first kappa shape index (κ1) is 7.85. The lowest BCUT2D eigenvalue weighted by atomic mass is 10.2. The van der Waals surface area contributed by atoms with Crippen molar-refractivity contribution in [3.63, 3.8) is 0 Å². The average molecular weight is 152 g/mol. The molecule has 1 rings (SSSR count). The normalized spacial score (nSPS) is 16.1. The van der Waals surface area contributed by atoms with Crippen molar-refractivity contribution >= 4 is 5.97 Å². The van der Waals surface area contributed by atoms with E-state index >= 15 is 0 Å². The molecule has 1 aliphatic heterocycles. The van der Waals surface area contributed by atoms with Crippen LogP contribution in [0, 0.1) is 6.04 Å². The number of rotatable bonds is 2. The quantitative estimate of drug-likeness (QED) is 0.593. The molecule has 0 aromatic carbocycles. The van der Waals surface area contributed by atoms with Crippen LogP contribution >= 0.6 is 0 Å². The van der Waals surface area contributed by atoms with E-state index in [2.05, 4.69) is 5.32 Å². The average Bonchev–Trinajstić information content (AvgIpc) is 2.07. The van der Waals surface area contributed by atoms with Gasteiger partial charge in [0.05, 0.1) is 6.61 Å². The number of carbonyl (C=O) groups excluding carboxylic acids is 1. The van der Waals surface area contributed by atoms with Crippen molar-refractivity contribution < 1.29 is 9.53 Å². The first-order valence-corrected chi connectivity index (χ1v) is 3.48. The number of carbonyl (C=O) groups is 1. The van der Waals surface area contributed by atoms with Crippen LogP contribution in [0.2, 0.25) is 0 Å². The Labute approximate surface area is 65.7 Å². The third-order valence-corrected chi connectivity index (χ3v) is 1.20. The fourth-order valence-corrected chi connectivity index (χ4v) is 0.729. The summed E-state index contributed by atoms with van der Waals surface area (Å²) in [6, 6.07) is 0.481. The zero-order valence-electron chi connectivity index (χ0n) is 6.33. The van der Waals surface area contributed by atoms with E-state index in [0.717, 1.165) is 0 Å². The predicted molar refractivity (Wildman–Crippen MR) is 41.3 cm³/mol. The largest absolute Gasteiger partial charge is 0.464 e. The zero-order valence-corrected chi connectivity index (χ0v) is 6.33. The zero-order chi connectivity index (χ0) is 8.10. The molecule has 11 heavy (non-hydrogen) atoms. The Hall–Kier alpha value is -1.25. The highest BCUT2D eigenvalue weighted by Crippen LogP contribution is 2.04. The summed E-state index contributed by atoms with van der Waals surface area (Å²) in [5.74, 6) is -0.312. The van der Waals surface area contributed by atoms with Crippen molar-refractivity contribution in [3.05, 3.63) is 30.5 Å². The van der Waals surface area contributed by atoms with Crippen LogP contribution in [0.3, 0.4) is 0 Å². The minimum Gasteiger partial charge on any atom is -0.464 e. The van der Waals surface area contributed by atoms with E-state index in [1.165, 1.54) is 0 Å².